The van der Waals surface area contributed by atoms with Gasteiger partial charge in [0.15, 0.2) is 6.10 Å². The standard InChI is InChI=1S/C23H46NO7P/c1-3-4-5-6-7-8-9-10-11-12-13-14-15-16-18-28-20-23(31-22(2)25)21-30-32(26,27)29-19-17-24/h16,18,23H,3-15,17,19-21,24H2,1-2H3,(H,26,27)/b18-16+/t23-/m0/s1. The van der Waals surface area contributed by atoms with Crippen LogP contribution in [-0.2, 0) is 27.9 Å². The molecule has 0 aliphatic carbocycles. The molecule has 2 atom stereocenters. The largest absolute Gasteiger partial charge is 0.498 e. The van der Waals surface area contributed by atoms with E-state index in [1.807, 2.05) is 6.08 Å². The first kappa shape index (κ1) is 31.1. The summed E-state index contributed by atoms with van der Waals surface area (Å²) >= 11 is 0. The van der Waals surface area contributed by atoms with Gasteiger partial charge in [-0.1, -0.05) is 77.6 Å². The Morgan fingerprint density at radius 3 is 2.03 bits per heavy atom. The zero-order valence-corrected chi connectivity index (χ0v) is 21.1. The molecule has 3 N–H and O–H groups in total. The first-order chi connectivity index (χ1) is 15.4. The molecule has 0 heterocycles. The normalized spacial score (nSPS) is 14.4. The van der Waals surface area contributed by atoms with Crippen molar-refractivity contribution in [3.63, 3.8) is 0 Å². The van der Waals surface area contributed by atoms with Crippen LogP contribution in [0.4, 0.5) is 0 Å². The summed E-state index contributed by atoms with van der Waals surface area (Å²) in [5.41, 5.74) is 5.22. The SMILES string of the molecule is CCCCCCCCCCCCCC/C=C/OC[C@@H](COP(=O)(O)OCCN)OC(C)=O. The maximum Gasteiger partial charge on any atom is 0.472 e. The quantitative estimate of drug-likeness (QED) is 0.0838. The number of allylic oxidation sites excluding steroid dienone is 1. The van der Waals surface area contributed by atoms with Gasteiger partial charge in [-0.15, -0.1) is 0 Å². The van der Waals surface area contributed by atoms with Crippen LogP contribution in [0.25, 0.3) is 0 Å². The van der Waals surface area contributed by atoms with Crippen molar-refractivity contribution in [1.82, 2.24) is 0 Å². The Labute approximate surface area is 194 Å². The van der Waals surface area contributed by atoms with E-state index in [1.54, 1.807) is 6.26 Å². The molecule has 0 radical (unpaired) electrons. The second-order valence-corrected chi connectivity index (χ2v) is 9.45. The molecule has 0 amide bonds. The molecule has 0 aliphatic heterocycles. The molecule has 8 nitrogen and oxygen atoms in total. The van der Waals surface area contributed by atoms with E-state index in [-0.39, 0.29) is 26.4 Å². The molecule has 190 valence electrons. The van der Waals surface area contributed by atoms with Crippen molar-refractivity contribution in [2.24, 2.45) is 5.73 Å². The summed E-state index contributed by atoms with van der Waals surface area (Å²) in [7, 11) is -4.23. The second-order valence-electron chi connectivity index (χ2n) is 8.00. The van der Waals surface area contributed by atoms with Crippen LogP contribution in [-0.4, -0.2) is 43.3 Å². The van der Waals surface area contributed by atoms with Crippen molar-refractivity contribution in [3.05, 3.63) is 12.3 Å². The highest BCUT2D eigenvalue weighted by Crippen LogP contribution is 2.43. The molecule has 0 aromatic rings. The van der Waals surface area contributed by atoms with Gasteiger partial charge in [0.05, 0.1) is 19.5 Å². The summed E-state index contributed by atoms with van der Waals surface area (Å²) in [5.74, 6) is -0.529. The van der Waals surface area contributed by atoms with Gasteiger partial charge in [0.2, 0.25) is 0 Å². The van der Waals surface area contributed by atoms with Gasteiger partial charge >= 0.3 is 13.8 Å². The molecule has 0 saturated carbocycles. The summed E-state index contributed by atoms with van der Waals surface area (Å²) < 4.78 is 31.5. The van der Waals surface area contributed by atoms with Crippen molar-refractivity contribution in [3.8, 4) is 0 Å². The first-order valence-electron chi connectivity index (χ1n) is 12.2. The van der Waals surface area contributed by atoms with E-state index in [4.69, 9.17) is 19.7 Å². The fourth-order valence-electron chi connectivity index (χ4n) is 3.14. The number of hydrogen-bond acceptors (Lipinski definition) is 7. The van der Waals surface area contributed by atoms with Crippen LogP contribution in [0.2, 0.25) is 0 Å². The van der Waals surface area contributed by atoms with E-state index in [1.165, 1.54) is 77.6 Å². The number of carbonyl (C=O) groups excluding carboxylic acids is 1. The van der Waals surface area contributed by atoms with Crippen LogP contribution in [0.15, 0.2) is 12.3 Å². The average molecular weight is 480 g/mol. The molecular weight excluding hydrogens is 433 g/mol. The minimum Gasteiger partial charge on any atom is -0.498 e. The Morgan fingerprint density at radius 2 is 1.50 bits per heavy atom. The first-order valence-corrected chi connectivity index (χ1v) is 13.7. The van der Waals surface area contributed by atoms with Gasteiger partial charge in [0.25, 0.3) is 0 Å². The van der Waals surface area contributed by atoms with Crippen LogP contribution in [0.1, 0.15) is 97.3 Å². The van der Waals surface area contributed by atoms with Crippen molar-refractivity contribution in [2.75, 3.05) is 26.4 Å². The van der Waals surface area contributed by atoms with Crippen molar-refractivity contribution >= 4 is 13.8 Å². The molecule has 0 saturated heterocycles. The Morgan fingerprint density at radius 1 is 0.938 bits per heavy atom. The Bertz CT molecular complexity index is 517. The molecule has 0 aromatic carbocycles. The number of ether oxygens (including phenoxy) is 2. The monoisotopic (exact) mass is 479 g/mol. The molecule has 0 fully saturated rings. The third-order valence-corrected chi connectivity index (χ3v) is 5.81. The average Bonchev–Trinajstić information content (AvgIpc) is 2.75. The molecule has 9 heteroatoms. The van der Waals surface area contributed by atoms with Crippen molar-refractivity contribution < 1.29 is 32.8 Å². The van der Waals surface area contributed by atoms with E-state index in [0.717, 1.165) is 12.8 Å². The molecule has 0 spiro atoms. The lowest BCUT2D eigenvalue weighted by Gasteiger charge is -2.18. The predicted molar refractivity (Wildman–Crippen MR) is 127 cm³/mol. The van der Waals surface area contributed by atoms with Gasteiger partial charge in [-0.05, 0) is 18.9 Å². The number of phosphoric ester groups is 1. The van der Waals surface area contributed by atoms with Crippen LogP contribution in [0.5, 0.6) is 0 Å². The summed E-state index contributed by atoms with van der Waals surface area (Å²) in [6, 6.07) is 0. The number of hydrogen-bond donors (Lipinski definition) is 2. The zero-order valence-electron chi connectivity index (χ0n) is 20.2. The second kappa shape index (κ2) is 21.9. The van der Waals surface area contributed by atoms with Crippen LogP contribution in [0.3, 0.4) is 0 Å². The summed E-state index contributed by atoms with van der Waals surface area (Å²) in [6.45, 7) is 3.19. The highest BCUT2D eigenvalue weighted by Gasteiger charge is 2.24. The van der Waals surface area contributed by atoms with Crippen molar-refractivity contribution in [2.45, 2.75) is 103 Å². The molecule has 0 bridgehead atoms. The van der Waals surface area contributed by atoms with E-state index < -0.39 is 19.9 Å². The maximum atomic E-state index is 11.6. The third kappa shape index (κ3) is 22.3. The number of esters is 1. The van der Waals surface area contributed by atoms with E-state index >= 15 is 0 Å². The zero-order chi connectivity index (χ0) is 23.9. The maximum absolute atomic E-state index is 11.6. The predicted octanol–water partition coefficient (Wildman–Crippen LogP) is 5.63. The lowest BCUT2D eigenvalue weighted by atomic mass is 10.0. The molecule has 32 heavy (non-hydrogen) atoms. The lowest BCUT2D eigenvalue weighted by Crippen LogP contribution is -2.26. The Hall–Kier alpha value is -0.920. The van der Waals surface area contributed by atoms with Crippen LogP contribution < -0.4 is 5.73 Å². The van der Waals surface area contributed by atoms with Crippen LogP contribution >= 0.6 is 7.82 Å². The van der Waals surface area contributed by atoms with Gasteiger partial charge in [-0.2, -0.15) is 0 Å². The molecular formula is C23H46NO7P. The lowest BCUT2D eigenvalue weighted by molar-refractivity contribution is -0.150. The summed E-state index contributed by atoms with van der Waals surface area (Å²) in [6.07, 6.45) is 19.4. The van der Waals surface area contributed by atoms with E-state index in [2.05, 4.69) is 11.4 Å². The van der Waals surface area contributed by atoms with Crippen LogP contribution in [0, 0.1) is 0 Å². The Balaban J connectivity index is 3.75. The molecule has 1 unspecified atom stereocenters. The summed E-state index contributed by atoms with van der Waals surface area (Å²) in [4.78, 5) is 20.7. The van der Waals surface area contributed by atoms with Gasteiger partial charge in [-0.25, -0.2) is 4.57 Å². The number of rotatable bonds is 23. The highest BCUT2D eigenvalue weighted by atomic mass is 31.2. The van der Waals surface area contributed by atoms with Gasteiger partial charge < -0.3 is 20.1 Å². The molecule has 0 aromatic heterocycles. The van der Waals surface area contributed by atoms with E-state index in [0.29, 0.717) is 0 Å². The van der Waals surface area contributed by atoms with E-state index in [9.17, 15) is 14.3 Å². The number of nitrogens with two attached hydrogens (primary N) is 1. The highest BCUT2D eigenvalue weighted by molar-refractivity contribution is 7.47. The minimum atomic E-state index is -4.23. The molecule has 0 rings (SSSR count). The fourth-order valence-corrected chi connectivity index (χ4v) is 3.90. The van der Waals surface area contributed by atoms with Gasteiger partial charge in [-0.3, -0.25) is 13.8 Å². The number of unbranched alkanes of at least 4 members (excludes halogenated alkanes) is 12. The third-order valence-electron chi connectivity index (χ3n) is 4.83. The topological polar surface area (TPSA) is 117 Å². The van der Waals surface area contributed by atoms with Gasteiger partial charge in [0, 0.05) is 13.5 Å². The number of carbonyl (C=O) groups is 1. The smallest absolute Gasteiger partial charge is 0.472 e. The number of phosphoric acid groups is 1. The van der Waals surface area contributed by atoms with Gasteiger partial charge in [0.1, 0.15) is 6.61 Å². The van der Waals surface area contributed by atoms with Crippen molar-refractivity contribution in [1.29, 1.82) is 0 Å². The summed E-state index contributed by atoms with van der Waals surface area (Å²) in [5, 5.41) is 0. The fraction of sp³-hybridized carbons (Fsp3) is 0.870. The minimum absolute atomic E-state index is 0.0193. The molecule has 0 aliphatic rings. The Kier molecular flexibility index (Phi) is 21.3.